The number of piperidine rings is 1. The maximum absolute atomic E-state index is 13.8. The Morgan fingerprint density at radius 1 is 1.24 bits per heavy atom. The molecule has 3 nitrogen and oxygen atoms in total. The molecule has 5 heteroatoms. The van der Waals surface area contributed by atoms with E-state index in [0.717, 1.165) is 11.0 Å². The molecule has 0 bridgehead atoms. The largest absolute Gasteiger partial charge is 0.306 e. The Morgan fingerprint density at radius 3 is 2.59 bits per heavy atom. The van der Waals surface area contributed by atoms with Crippen molar-refractivity contribution in [3.8, 4) is 0 Å². The first-order valence-electron chi connectivity index (χ1n) is 5.27. The van der Waals surface area contributed by atoms with Crippen LogP contribution in [0.3, 0.4) is 0 Å². The smallest absolute Gasteiger partial charge is 0.234 e. The summed E-state index contributed by atoms with van der Waals surface area (Å²) in [5, 5.41) is 0. The lowest BCUT2D eigenvalue weighted by atomic mass is 10.1. The molecule has 0 unspecified atom stereocenters. The molecule has 1 aromatic carbocycles. The van der Waals surface area contributed by atoms with Crippen LogP contribution in [0.25, 0.3) is 0 Å². The van der Waals surface area contributed by atoms with Gasteiger partial charge in [0.1, 0.15) is 17.3 Å². The monoisotopic (exact) mass is 239 g/mol. The van der Waals surface area contributed by atoms with E-state index in [1.165, 1.54) is 13.0 Å². The number of benzene rings is 1. The molecule has 2 rings (SSSR count). The van der Waals surface area contributed by atoms with Crippen molar-refractivity contribution >= 4 is 17.4 Å². The van der Waals surface area contributed by atoms with Gasteiger partial charge in [-0.15, -0.1) is 0 Å². The van der Waals surface area contributed by atoms with E-state index in [9.17, 15) is 18.4 Å². The predicted molar refractivity (Wildman–Crippen MR) is 57.7 cm³/mol. The Bertz CT molecular complexity index is 500. The number of ketones is 1. The van der Waals surface area contributed by atoms with Crippen LogP contribution < -0.4 is 4.90 Å². The van der Waals surface area contributed by atoms with Crippen molar-refractivity contribution in [2.24, 2.45) is 0 Å². The van der Waals surface area contributed by atoms with Crippen molar-refractivity contribution < 1.29 is 18.4 Å². The van der Waals surface area contributed by atoms with Gasteiger partial charge in [0.15, 0.2) is 5.82 Å². The quantitative estimate of drug-likeness (QED) is 0.702. The van der Waals surface area contributed by atoms with Crippen molar-refractivity contribution in [1.29, 1.82) is 0 Å². The number of Topliss-reactive ketones (excluding diaryl/α,β-unsaturated/α-hetero) is 1. The van der Waals surface area contributed by atoms with Crippen LogP contribution in [0.4, 0.5) is 14.5 Å². The van der Waals surface area contributed by atoms with Gasteiger partial charge in [0.2, 0.25) is 5.91 Å². The second-order valence-corrected chi connectivity index (χ2v) is 4.04. The van der Waals surface area contributed by atoms with Crippen LogP contribution in [0.15, 0.2) is 12.1 Å². The van der Waals surface area contributed by atoms with Crippen LogP contribution >= 0.6 is 0 Å². The SMILES string of the molecule is Cc1ccc(F)c(N2CCC(=O)CC2=O)c1F. The predicted octanol–water partition coefficient (Wildman–Crippen LogP) is 1.97. The van der Waals surface area contributed by atoms with Gasteiger partial charge in [-0.2, -0.15) is 0 Å². The molecule has 0 saturated carbocycles. The number of rotatable bonds is 1. The Morgan fingerprint density at radius 2 is 1.94 bits per heavy atom. The molecule has 1 saturated heterocycles. The lowest BCUT2D eigenvalue weighted by Gasteiger charge is -2.27. The van der Waals surface area contributed by atoms with E-state index < -0.39 is 17.5 Å². The molecule has 0 aliphatic carbocycles. The number of carbonyl (C=O) groups excluding carboxylic acids is 2. The molecular formula is C12H11F2NO2. The fourth-order valence-electron chi connectivity index (χ4n) is 1.84. The lowest BCUT2D eigenvalue weighted by Crippen LogP contribution is -2.40. The summed E-state index contributed by atoms with van der Waals surface area (Å²) in [4.78, 5) is 23.7. The second kappa shape index (κ2) is 4.24. The summed E-state index contributed by atoms with van der Waals surface area (Å²) in [6, 6.07) is 2.44. The molecule has 0 atom stereocenters. The van der Waals surface area contributed by atoms with E-state index in [-0.39, 0.29) is 36.4 Å². The first kappa shape index (κ1) is 11.7. The molecular weight excluding hydrogens is 228 g/mol. The number of anilines is 1. The third-order valence-electron chi connectivity index (χ3n) is 2.79. The Kier molecular flexibility index (Phi) is 2.92. The number of carbonyl (C=O) groups is 2. The average Bonchev–Trinajstić information content (AvgIpc) is 2.27. The zero-order valence-corrected chi connectivity index (χ0v) is 9.30. The zero-order chi connectivity index (χ0) is 12.6. The molecule has 0 N–H and O–H groups in total. The molecule has 1 aromatic rings. The second-order valence-electron chi connectivity index (χ2n) is 4.04. The molecule has 0 spiro atoms. The molecule has 1 heterocycles. The summed E-state index contributed by atoms with van der Waals surface area (Å²) >= 11 is 0. The molecule has 1 aliphatic rings. The number of nitrogens with zero attached hydrogens (tertiary/aromatic N) is 1. The van der Waals surface area contributed by atoms with E-state index in [1.54, 1.807) is 0 Å². The van der Waals surface area contributed by atoms with E-state index >= 15 is 0 Å². The third kappa shape index (κ3) is 2.05. The molecule has 17 heavy (non-hydrogen) atoms. The van der Waals surface area contributed by atoms with Gasteiger partial charge < -0.3 is 4.90 Å². The van der Waals surface area contributed by atoms with Gasteiger partial charge in [-0.1, -0.05) is 6.07 Å². The number of aryl methyl sites for hydroxylation is 1. The third-order valence-corrected chi connectivity index (χ3v) is 2.79. The average molecular weight is 239 g/mol. The van der Waals surface area contributed by atoms with Gasteiger partial charge >= 0.3 is 0 Å². The Hall–Kier alpha value is -1.78. The van der Waals surface area contributed by atoms with Gasteiger partial charge in [-0.3, -0.25) is 9.59 Å². The van der Waals surface area contributed by atoms with Crippen molar-refractivity contribution in [3.05, 3.63) is 29.3 Å². The van der Waals surface area contributed by atoms with E-state index in [1.807, 2.05) is 0 Å². The highest BCUT2D eigenvalue weighted by atomic mass is 19.1. The minimum atomic E-state index is -0.782. The van der Waals surface area contributed by atoms with E-state index in [4.69, 9.17) is 0 Å². The van der Waals surface area contributed by atoms with Gasteiger partial charge in [-0.25, -0.2) is 8.78 Å². The highest BCUT2D eigenvalue weighted by Crippen LogP contribution is 2.28. The maximum Gasteiger partial charge on any atom is 0.234 e. The standard InChI is InChI=1S/C12H11F2NO2/c1-7-2-3-9(13)12(11(7)14)15-5-4-8(16)6-10(15)17/h2-3H,4-6H2,1H3. The van der Waals surface area contributed by atoms with Crippen LogP contribution in [0.1, 0.15) is 18.4 Å². The van der Waals surface area contributed by atoms with Crippen molar-refractivity contribution in [3.63, 3.8) is 0 Å². The number of hydrogen-bond donors (Lipinski definition) is 0. The summed E-state index contributed by atoms with van der Waals surface area (Å²) in [6.45, 7) is 1.53. The fraction of sp³-hybridized carbons (Fsp3) is 0.333. The van der Waals surface area contributed by atoms with Crippen LogP contribution in [-0.4, -0.2) is 18.2 Å². The molecule has 1 fully saturated rings. The van der Waals surface area contributed by atoms with Crippen LogP contribution in [-0.2, 0) is 9.59 Å². The maximum atomic E-state index is 13.8. The summed E-state index contributed by atoms with van der Waals surface area (Å²) in [5.74, 6) is -2.27. The fourth-order valence-corrected chi connectivity index (χ4v) is 1.84. The first-order chi connectivity index (χ1) is 8.00. The first-order valence-corrected chi connectivity index (χ1v) is 5.27. The number of halogens is 2. The van der Waals surface area contributed by atoms with Gasteiger partial charge in [0.05, 0.1) is 6.42 Å². The van der Waals surface area contributed by atoms with Gasteiger partial charge in [-0.05, 0) is 18.6 Å². The molecule has 0 aromatic heterocycles. The highest BCUT2D eigenvalue weighted by molar-refractivity contribution is 6.08. The van der Waals surface area contributed by atoms with E-state index in [2.05, 4.69) is 0 Å². The zero-order valence-electron chi connectivity index (χ0n) is 9.30. The van der Waals surface area contributed by atoms with Crippen molar-refractivity contribution in [2.45, 2.75) is 19.8 Å². The van der Waals surface area contributed by atoms with E-state index in [0.29, 0.717) is 0 Å². The van der Waals surface area contributed by atoms with Gasteiger partial charge in [0, 0.05) is 13.0 Å². The normalized spacial score (nSPS) is 16.5. The van der Waals surface area contributed by atoms with Crippen molar-refractivity contribution in [2.75, 3.05) is 11.4 Å². The summed E-state index contributed by atoms with van der Waals surface area (Å²) in [5.41, 5.74) is -0.0754. The minimum Gasteiger partial charge on any atom is -0.306 e. The van der Waals surface area contributed by atoms with Crippen LogP contribution in [0, 0.1) is 18.6 Å². The Balaban J connectivity index is 2.44. The lowest BCUT2D eigenvalue weighted by molar-refractivity contribution is -0.128. The summed E-state index contributed by atoms with van der Waals surface area (Å²) in [6.07, 6.45) is -0.147. The molecule has 0 radical (unpaired) electrons. The number of amides is 1. The molecule has 1 aliphatic heterocycles. The number of hydrogen-bond acceptors (Lipinski definition) is 2. The topological polar surface area (TPSA) is 37.4 Å². The Labute approximate surface area is 97.0 Å². The molecule has 90 valence electrons. The van der Waals surface area contributed by atoms with Crippen LogP contribution in [0.5, 0.6) is 0 Å². The van der Waals surface area contributed by atoms with Crippen LogP contribution in [0.2, 0.25) is 0 Å². The van der Waals surface area contributed by atoms with Gasteiger partial charge in [0.25, 0.3) is 0 Å². The summed E-state index contributed by atoms with van der Waals surface area (Å²) < 4.78 is 27.4. The highest BCUT2D eigenvalue weighted by Gasteiger charge is 2.29. The summed E-state index contributed by atoms with van der Waals surface area (Å²) in [7, 11) is 0. The van der Waals surface area contributed by atoms with Crippen molar-refractivity contribution in [1.82, 2.24) is 0 Å². The minimum absolute atomic E-state index is 0.0367. The molecule has 1 amide bonds.